The van der Waals surface area contributed by atoms with E-state index in [4.69, 9.17) is 16.2 Å². The number of fused-ring (bicyclic) bond motifs is 1. The maximum atomic E-state index is 13.6. The lowest BCUT2D eigenvalue weighted by molar-refractivity contribution is -0.149. The molecule has 17 nitrogen and oxygen atoms in total. The van der Waals surface area contributed by atoms with Crippen LogP contribution in [0.5, 0.6) is 0 Å². The molecule has 2 heterocycles. The van der Waals surface area contributed by atoms with Crippen molar-refractivity contribution in [2.75, 3.05) is 37.2 Å². The van der Waals surface area contributed by atoms with Crippen LogP contribution in [0, 0.1) is 17.8 Å². The molecule has 0 spiro atoms. The number of carboxylic acid groups (broad SMARTS) is 1. The molecule has 18 heteroatoms. The second kappa shape index (κ2) is 21.5. The summed E-state index contributed by atoms with van der Waals surface area (Å²) in [5.41, 5.74) is 15.7. The monoisotopic (exact) mass is 872 g/mol. The predicted molar refractivity (Wildman–Crippen MR) is 235 cm³/mol. The van der Waals surface area contributed by atoms with E-state index >= 15 is 0 Å². The van der Waals surface area contributed by atoms with E-state index in [1.54, 1.807) is 56.3 Å². The van der Waals surface area contributed by atoms with Crippen LogP contribution in [0.15, 0.2) is 77.7 Å². The molecule has 0 saturated carbocycles. The third kappa shape index (κ3) is 12.6. The van der Waals surface area contributed by atoms with Gasteiger partial charge in [0.25, 0.3) is 0 Å². The van der Waals surface area contributed by atoms with Gasteiger partial charge < -0.3 is 42.6 Å². The van der Waals surface area contributed by atoms with Gasteiger partial charge in [-0.15, -0.1) is 0 Å². The van der Waals surface area contributed by atoms with Gasteiger partial charge in [-0.25, -0.2) is 23.0 Å². The lowest BCUT2D eigenvalue weighted by Gasteiger charge is -2.38. The van der Waals surface area contributed by atoms with Gasteiger partial charge in [0.2, 0.25) is 21.8 Å². The number of carbonyl (C=O) groups is 5. The first-order chi connectivity index (χ1) is 29.5. The highest BCUT2D eigenvalue weighted by molar-refractivity contribution is 7.89. The number of nitrogens with two attached hydrogens (primary N) is 2. The normalized spacial score (nSPS) is 14.1. The number of nitrogens with zero attached hydrogens (tertiary/aromatic N) is 2. The van der Waals surface area contributed by atoms with Crippen molar-refractivity contribution in [3.05, 3.63) is 83.9 Å². The minimum Gasteiger partial charge on any atom is -0.481 e. The lowest BCUT2D eigenvalue weighted by Crippen LogP contribution is -2.53. The number of rotatable bonds is 21. The number of aryl methyl sites for hydroxylation is 1. The maximum Gasteiger partial charge on any atom is 0.407 e. The Kier molecular flexibility index (Phi) is 16.2. The van der Waals surface area contributed by atoms with Crippen molar-refractivity contribution in [2.45, 2.75) is 76.8 Å². The van der Waals surface area contributed by atoms with E-state index < -0.39 is 57.8 Å². The first-order valence-electron chi connectivity index (χ1n) is 20.7. The fourth-order valence-corrected chi connectivity index (χ4v) is 8.73. The number of nitrogen functional groups attached to an aromatic ring is 1. The fraction of sp³-hybridized carbons (Fsp3) is 0.409. The van der Waals surface area contributed by atoms with Crippen molar-refractivity contribution in [1.82, 2.24) is 25.2 Å². The van der Waals surface area contributed by atoms with E-state index in [9.17, 15) is 37.5 Å². The summed E-state index contributed by atoms with van der Waals surface area (Å²) >= 11 is 0. The number of pyridine rings is 1. The molecule has 332 valence electrons. The lowest BCUT2D eigenvalue weighted by atomic mass is 9.94. The average molecular weight is 873 g/mol. The molecular weight excluding hydrogens is 817 g/mol. The van der Waals surface area contributed by atoms with Crippen LogP contribution in [0.3, 0.4) is 0 Å². The van der Waals surface area contributed by atoms with Crippen LogP contribution < -0.4 is 32.7 Å². The summed E-state index contributed by atoms with van der Waals surface area (Å²) in [6, 6.07) is 19.3. The summed E-state index contributed by atoms with van der Waals surface area (Å²) in [6.45, 7) is 6.06. The van der Waals surface area contributed by atoms with E-state index in [0.717, 1.165) is 53.3 Å². The Morgan fingerprint density at radius 2 is 1.65 bits per heavy atom. The highest BCUT2D eigenvalue weighted by atomic mass is 32.2. The summed E-state index contributed by atoms with van der Waals surface area (Å²) < 4.78 is 33.8. The zero-order valence-electron chi connectivity index (χ0n) is 35.2. The largest absolute Gasteiger partial charge is 0.481 e. The van der Waals surface area contributed by atoms with Crippen molar-refractivity contribution in [1.29, 1.82) is 0 Å². The van der Waals surface area contributed by atoms with Gasteiger partial charge in [0, 0.05) is 43.2 Å². The number of nitrogens with one attached hydrogen (secondary N) is 4. The SMILES string of the molecule is CCCCCc1cc2ccc(-c3cccc(S(=O)(=O)N4CC(CNC(=O)OCc5ccc(NC(=O)[C@H](CCCNC(N)=O)NC(=O)[C@@H](C(=O)O)C(C)C)cc5)C4)c3)cc2nc1N. The number of hydrogen-bond donors (Lipinski definition) is 7. The highest BCUT2D eigenvalue weighted by Crippen LogP contribution is 2.31. The van der Waals surface area contributed by atoms with E-state index in [1.165, 1.54) is 4.31 Å². The first kappa shape index (κ1) is 46.8. The molecule has 1 saturated heterocycles. The topological polar surface area (TPSA) is 265 Å². The van der Waals surface area contributed by atoms with Gasteiger partial charge in [0.15, 0.2) is 0 Å². The summed E-state index contributed by atoms with van der Waals surface area (Å²) in [4.78, 5) is 66.0. The zero-order valence-corrected chi connectivity index (χ0v) is 36.0. The van der Waals surface area contributed by atoms with E-state index in [1.807, 2.05) is 24.3 Å². The number of alkyl carbamates (subject to hydrolysis) is 1. The zero-order chi connectivity index (χ0) is 45.0. The molecule has 0 radical (unpaired) electrons. The standard InChI is InChI=1S/C44H56N8O9S/c1-4-5-6-9-33-20-32-16-15-31(22-37(32)50-39(33)45)30-10-7-11-35(21-30)62(59,60)52-24-29(25-52)23-48-44(58)61-26-28-13-17-34(18-14-28)49-40(53)36(12-8-19-47-43(46)57)51-41(54)38(27(2)3)42(55)56/h7,10-11,13-18,20-22,27,29,36,38H,4-6,8-9,12,19,23-26H2,1-3H3,(H2,45,50)(H,48,58)(H,49,53)(H,51,54)(H,55,56)(H3,46,47,57)/t36-,38-/m0/s1. The Balaban J connectivity index is 1.08. The van der Waals surface area contributed by atoms with E-state index in [2.05, 4.69) is 39.2 Å². The number of sulfonamides is 1. The average Bonchev–Trinajstić information content (AvgIpc) is 3.20. The Labute approximate surface area is 361 Å². The molecule has 2 atom stereocenters. The van der Waals surface area contributed by atoms with Gasteiger partial charge in [0.1, 0.15) is 24.4 Å². The number of anilines is 2. The molecule has 1 aliphatic heterocycles. The molecule has 0 aliphatic carbocycles. The Morgan fingerprint density at radius 1 is 0.919 bits per heavy atom. The highest BCUT2D eigenvalue weighted by Gasteiger charge is 2.37. The number of carboxylic acids is 1. The van der Waals surface area contributed by atoms with Crippen molar-refractivity contribution in [3.63, 3.8) is 0 Å². The summed E-state index contributed by atoms with van der Waals surface area (Å²) in [5, 5.41) is 20.8. The van der Waals surface area contributed by atoms with Gasteiger partial charge in [0.05, 0.1) is 10.4 Å². The molecule has 1 fully saturated rings. The van der Waals surface area contributed by atoms with Gasteiger partial charge in [-0.2, -0.15) is 4.31 Å². The third-order valence-corrected chi connectivity index (χ3v) is 12.5. The number of hydrogen-bond acceptors (Lipinski definition) is 10. The maximum absolute atomic E-state index is 13.6. The van der Waals surface area contributed by atoms with Crippen LogP contribution in [-0.2, 0) is 42.2 Å². The summed E-state index contributed by atoms with van der Waals surface area (Å²) in [5.74, 6) is -4.21. The molecule has 0 bridgehead atoms. The Bertz CT molecular complexity index is 2350. The number of aromatic nitrogens is 1. The number of aliphatic carboxylic acids is 1. The van der Waals surface area contributed by atoms with Gasteiger partial charge in [-0.3, -0.25) is 14.4 Å². The molecule has 4 aromatic rings. The quantitative estimate of drug-likeness (QED) is 0.0433. The number of ether oxygens (including phenoxy) is 1. The molecular formula is C44H56N8O9S. The van der Waals surface area contributed by atoms with Crippen LogP contribution in [0.25, 0.3) is 22.0 Å². The summed E-state index contributed by atoms with van der Waals surface area (Å²) in [7, 11) is -3.79. The molecule has 5 rings (SSSR count). The molecule has 9 N–H and O–H groups in total. The van der Waals surface area contributed by atoms with Crippen molar-refractivity contribution in [2.24, 2.45) is 23.5 Å². The number of benzene rings is 3. The van der Waals surface area contributed by atoms with Gasteiger partial charge in [-0.05, 0) is 90.3 Å². The summed E-state index contributed by atoms with van der Waals surface area (Å²) in [6.07, 6.45) is 3.86. The first-order valence-corrected chi connectivity index (χ1v) is 22.2. The van der Waals surface area contributed by atoms with Crippen molar-refractivity contribution in [3.8, 4) is 11.1 Å². The fourth-order valence-electron chi connectivity index (χ4n) is 7.09. The number of amides is 5. The second-order valence-electron chi connectivity index (χ2n) is 15.8. The van der Waals surface area contributed by atoms with Crippen LogP contribution >= 0.6 is 0 Å². The minimum absolute atomic E-state index is 0.0837. The van der Waals surface area contributed by atoms with Crippen molar-refractivity contribution < 1.29 is 42.2 Å². The predicted octanol–water partition coefficient (Wildman–Crippen LogP) is 4.99. The minimum atomic E-state index is -3.79. The number of carbonyl (C=O) groups excluding carboxylic acids is 4. The van der Waals surface area contributed by atoms with Gasteiger partial charge in [-0.1, -0.05) is 70.0 Å². The number of unbranched alkanes of at least 4 members (excludes halogenated alkanes) is 2. The number of primary amides is 1. The van der Waals surface area contributed by atoms with Crippen LogP contribution in [-0.4, -0.2) is 84.9 Å². The molecule has 62 heavy (non-hydrogen) atoms. The second-order valence-corrected chi connectivity index (χ2v) is 17.7. The Morgan fingerprint density at radius 3 is 2.32 bits per heavy atom. The van der Waals surface area contributed by atoms with Crippen LogP contribution in [0.4, 0.5) is 21.1 Å². The smallest absolute Gasteiger partial charge is 0.407 e. The van der Waals surface area contributed by atoms with Crippen LogP contribution in [0.1, 0.15) is 64.0 Å². The Hall–Kier alpha value is -6.27. The van der Waals surface area contributed by atoms with Gasteiger partial charge >= 0.3 is 18.1 Å². The third-order valence-electron chi connectivity index (χ3n) is 10.7. The van der Waals surface area contributed by atoms with Crippen molar-refractivity contribution >= 4 is 62.3 Å². The molecule has 5 amide bonds. The molecule has 0 unspecified atom stereocenters. The molecule has 1 aliphatic rings. The van der Waals surface area contributed by atoms with E-state index in [-0.39, 0.29) is 56.4 Å². The van der Waals surface area contributed by atoms with Crippen LogP contribution in [0.2, 0.25) is 0 Å². The van der Waals surface area contributed by atoms with E-state index in [0.29, 0.717) is 17.1 Å². The number of urea groups is 1. The molecule has 3 aromatic carbocycles. The molecule has 1 aromatic heterocycles.